The summed E-state index contributed by atoms with van der Waals surface area (Å²) in [7, 11) is 0. The van der Waals surface area contributed by atoms with E-state index in [1.165, 1.54) is 83.1 Å². The summed E-state index contributed by atoms with van der Waals surface area (Å²) in [4.78, 5) is 4.88. The lowest BCUT2D eigenvalue weighted by Crippen LogP contribution is -2.29. The standard InChI is InChI=1S/C72H52N2/c1-51-48-62(44-46-64(51)56-26-12-4-13-27-56)73(59-28-14-5-15-29-59)63-45-47-67-68(49-63)72(57-40-36-54(37-41-57)52-22-8-2-9-23-52,58-42-38-55(39-43-58)53-24-10-3-11-25-53)69-50-70(65-34-20-21-35-66(65)71(67)69)74(60-30-16-6-17-31-60)61-32-18-7-19-33-61/h2-50H,1H3. The van der Waals surface area contributed by atoms with Crippen LogP contribution >= 0.6 is 0 Å². The van der Waals surface area contributed by atoms with Crippen molar-refractivity contribution in [3.63, 3.8) is 0 Å². The smallest absolute Gasteiger partial charge is 0.0715 e. The highest BCUT2D eigenvalue weighted by molar-refractivity contribution is 6.11. The van der Waals surface area contributed by atoms with Crippen molar-refractivity contribution in [3.05, 3.63) is 325 Å². The van der Waals surface area contributed by atoms with E-state index in [2.05, 4.69) is 314 Å². The minimum absolute atomic E-state index is 0.779. The monoisotopic (exact) mass is 944 g/mol. The quantitative estimate of drug-likeness (QED) is 0.127. The second-order valence-corrected chi connectivity index (χ2v) is 19.3. The molecule has 0 aromatic heterocycles. The van der Waals surface area contributed by atoms with Crippen molar-refractivity contribution in [2.45, 2.75) is 12.3 Å². The summed E-state index contributed by atoms with van der Waals surface area (Å²) in [6.07, 6.45) is 0. The van der Waals surface area contributed by atoms with E-state index in [-0.39, 0.29) is 0 Å². The molecule has 0 N–H and O–H groups in total. The van der Waals surface area contributed by atoms with Crippen LogP contribution in [0.2, 0.25) is 0 Å². The summed E-state index contributed by atoms with van der Waals surface area (Å²) >= 11 is 0. The molecule has 74 heavy (non-hydrogen) atoms. The predicted molar refractivity (Wildman–Crippen MR) is 312 cm³/mol. The topological polar surface area (TPSA) is 6.48 Å². The van der Waals surface area contributed by atoms with Crippen LogP contribution in [0, 0.1) is 6.92 Å². The average molecular weight is 945 g/mol. The largest absolute Gasteiger partial charge is 0.310 e. The van der Waals surface area contributed by atoms with Gasteiger partial charge in [-0.15, -0.1) is 0 Å². The molecule has 1 aliphatic carbocycles. The molecule has 0 amide bonds. The van der Waals surface area contributed by atoms with Gasteiger partial charge in [0.15, 0.2) is 0 Å². The van der Waals surface area contributed by atoms with Gasteiger partial charge in [0, 0.05) is 33.8 Å². The third-order valence-electron chi connectivity index (χ3n) is 15.0. The first-order valence-corrected chi connectivity index (χ1v) is 25.6. The van der Waals surface area contributed by atoms with Crippen molar-refractivity contribution < 1.29 is 0 Å². The zero-order chi connectivity index (χ0) is 49.4. The molecule has 0 saturated carbocycles. The highest BCUT2D eigenvalue weighted by Gasteiger charge is 2.48. The molecule has 350 valence electrons. The molecular weight excluding hydrogens is 893 g/mol. The van der Waals surface area contributed by atoms with Gasteiger partial charge in [0.05, 0.1) is 11.1 Å². The predicted octanol–water partition coefficient (Wildman–Crippen LogP) is 19.5. The summed E-state index contributed by atoms with van der Waals surface area (Å²) < 4.78 is 0. The first-order valence-electron chi connectivity index (χ1n) is 25.6. The SMILES string of the molecule is Cc1cc(N(c2ccccc2)c2ccc3c(c2)C(c2ccc(-c4ccccc4)cc2)(c2ccc(-c4ccccc4)cc2)c2cc(N(c4ccccc4)c4ccccc4)c4ccccc4c2-3)ccc1-c1ccccc1. The summed E-state index contributed by atoms with van der Waals surface area (Å²) in [5.74, 6) is 0. The minimum atomic E-state index is -0.779. The van der Waals surface area contributed by atoms with Crippen LogP contribution in [-0.2, 0) is 5.41 Å². The number of hydrogen-bond donors (Lipinski definition) is 0. The Morgan fingerprint density at radius 2 is 0.662 bits per heavy atom. The van der Waals surface area contributed by atoms with Crippen LogP contribution < -0.4 is 9.80 Å². The molecule has 0 atom stereocenters. The fourth-order valence-corrected chi connectivity index (χ4v) is 11.7. The van der Waals surface area contributed by atoms with Crippen molar-refractivity contribution in [2.75, 3.05) is 9.80 Å². The fourth-order valence-electron chi connectivity index (χ4n) is 11.7. The second kappa shape index (κ2) is 18.9. The van der Waals surface area contributed by atoms with Crippen molar-refractivity contribution >= 4 is 44.9 Å². The van der Waals surface area contributed by atoms with E-state index in [0.29, 0.717) is 0 Å². The van der Waals surface area contributed by atoms with Crippen LogP contribution in [0.3, 0.4) is 0 Å². The fraction of sp³-hybridized carbons (Fsp3) is 0.0278. The Balaban J connectivity index is 1.12. The van der Waals surface area contributed by atoms with Gasteiger partial charge in [-0.3, -0.25) is 0 Å². The lowest BCUT2D eigenvalue weighted by Gasteiger charge is -2.36. The Kier molecular flexibility index (Phi) is 11.4. The molecule has 0 aliphatic heterocycles. The van der Waals surface area contributed by atoms with Gasteiger partial charge in [0.25, 0.3) is 0 Å². The van der Waals surface area contributed by atoms with Gasteiger partial charge in [-0.25, -0.2) is 0 Å². The number of benzene rings is 12. The van der Waals surface area contributed by atoms with Crippen LogP contribution in [0.5, 0.6) is 0 Å². The van der Waals surface area contributed by atoms with Gasteiger partial charge >= 0.3 is 0 Å². The van der Waals surface area contributed by atoms with Gasteiger partial charge in [-0.05, 0) is 151 Å². The second-order valence-electron chi connectivity index (χ2n) is 19.3. The van der Waals surface area contributed by atoms with Gasteiger partial charge in [0.1, 0.15) is 0 Å². The molecule has 0 fully saturated rings. The van der Waals surface area contributed by atoms with Crippen molar-refractivity contribution in [2.24, 2.45) is 0 Å². The van der Waals surface area contributed by atoms with Crippen LogP contribution in [0.25, 0.3) is 55.3 Å². The van der Waals surface area contributed by atoms with Gasteiger partial charge in [0.2, 0.25) is 0 Å². The average Bonchev–Trinajstić information content (AvgIpc) is 3.78. The number of nitrogens with zero attached hydrogens (tertiary/aromatic N) is 2. The van der Waals surface area contributed by atoms with E-state index in [9.17, 15) is 0 Å². The zero-order valence-corrected chi connectivity index (χ0v) is 41.2. The number of para-hydroxylation sites is 3. The number of hydrogen-bond acceptors (Lipinski definition) is 2. The third kappa shape index (κ3) is 7.67. The molecular formula is C72H52N2. The maximum Gasteiger partial charge on any atom is 0.0715 e. The summed E-state index contributed by atoms with van der Waals surface area (Å²) in [6.45, 7) is 2.23. The van der Waals surface area contributed by atoms with Crippen LogP contribution in [0.4, 0.5) is 34.1 Å². The Bertz CT molecular complexity index is 3790. The Morgan fingerprint density at radius 3 is 1.15 bits per heavy atom. The number of fused-ring (bicyclic) bond motifs is 5. The lowest BCUT2D eigenvalue weighted by atomic mass is 9.67. The van der Waals surface area contributed by atoms with Crippen LogP contribution in [-0.4, -0.2) is 0 Å². The molecule has 0 spiro atoms. The van der Waals surface area contributed by atoms with Crippen LogP contribution in [0.15, 0.2) is 297 Å². The molecule has 1 aliphatic rings. The molecule has 12 aromatic carbocycles. The molecule has 0 heterocycles. The van der Waals surface area contributed by atoms with Gasteiger partial charge < -0.3 is 9.80 Å². The minimum Gasteiger partial charge on any atom is -0.310 e. The maximum absolute atomic E-state index is 2.52. The molecule has 13 rings (SSSR count). The van der Waals surface area contributed by atoms with Gasteiger partial charge in [-0.2, -0.15) is 0 Å². The van der Waals surface area contributed by atoms with Crippen molar-refractivity contribution in [1.29, 1.82) is 0 Å². The third-order valence-corrected chi connectivity index (χ3v) is 15.0. The number of aryl methyl sites for hydroxylation is 1. The first kappa shape index (κ1) is 44.4. The van der Waals surface area contributed by atoms with Crippen molar-refractivity contribution in [3.8, 4) is 44.5 Å². The van der Waals surface area contributed by atoms with E-state index in [0.717, 1.165) is 34.1 Å². The molecule has 12 aromatic rings. The molecule has 2 nitrogen and oxygen atoms in total. The zero-order valence-electron chi connectivity index (χ0n) is 41.2. The lowest BCUT2D eigenvalue weighted by molar-refractivity contribution is 0.769. The first-order chi connectivity index (χ1) is 36.6. The van der Waals surface area contributed by atoms with E-state index >= 15 is 0 Å². The molecule has 0 unspecified atom stereocenters. The van der Waals surface area contributed by atoms with E-state index in [1.54, 1.807) is 0 Å². The summed E-state index contributed by atoms with van der Waals surface area (Å²) in [5, 5.41) is 2.39. The molecule has 0 saturated heterocycles. The van der Waals surface area contributed by atoms with E-state index < -0.39 is 5.41 Å². The van der Waals surface area contributed by atoms with Gasteiger partial charge in [-0.1, -0.05) is 231 Å². The summed E-state index contributed by atoms with van der Waals surface area (Å²) in [5.41, 5.74) is 21.6. The number of rotatable bonds is 11. The molecule has 0 radical (unpaired) electrons. The Hall–Kier alpha value is -9.50. The molecule has 0 bridgehead atoms. The normalized spacial score (nSPS) is 12.2. The van der Waals surface area contributed by atoms with E-state index in [1.807, 2.05) is 0 Å². The highest BCUT2D eigenvalue weighted by atomic mass is 15.1. The van der Waals surface area contributed by atoms with Crippen LogP contribution in [0.1, 0.15) is 27.8 Å². The number of anilines is 6. The Morgan fingerprint density at radius 1 is 0.270 bits per heavy atom. The highest BCUT2D eigenvalue weighted by Crippen LogP contribution is 2.61. The Labute approximate surface area is 434 Å². The summed E-state index contributed by atoms with van der Waals surface area (Å²) in [6, 6.07) is 109. The van der Waals surface area contributed by atoms with Crippen molar-refractivity contribution in [1.82, 2.24) is 0 Å². The maximum atomic E-state index is 2.52. The van der Waals surface area contributed by atoms with E-state index in [4.69, 9.17) is 0 Å². The molecule has 2 heteroatoms.